The van der Waals surface area contributed by atoms with Crippen molar-refractivity contribution in [3.63, 3.8) is 0 Å². The molecule has 0 aliphatic heterocycles. The van der Waals surface area contributed by atoms with Gasteiger partial charge < -0.3 is 4.74 Å². The lowest BCUT2D eigenvalue weighted by molar-refractivity contribution is -0.136. The molecule has 10 heteroatoms. The molecule has 4 rings (SSSR count). The van der Waals surface area contributed by atoms with Crippen LogP contribution in [0, 0.1) is 5.92 Å². The summed E-state index contributed by atoms with van der Waals surface area (Å²) in [5.74, 6) is -0.636. The molecule has 1 aromatic carbocycles. The van der Waals surface area contributed by atoms with Gasteiger partial charge in [0.25, 0.3) is 5.56 Å². The van der Waals surface area contributed by atoms with Crippen molar-refractivity contribution in [2.75, 3.05) is 7.11 Å². The summed E-state index contributed by atoms with van der Waals surface area (Å²) >= 11 is 0. The topological polar surface area (TPSA) is 91.2 Å². The molecule has 0 amide bonds. The fourth-order valence-corrected chi connectivity index (χ4v) is 4.82. The average Bonchev–Trinajstić information content (AvgIpc) is 2.87. The minimum absolute atomic E-state index is 0.105. The quantitative estimate of drug-likeness (QED) is 0.427. The SMILES string of the molecule is COC(=O)c1ccc(CC(=O)C(CC2CCCCC2)n2cnc3c(C(F)(F)F)cccc3c2=O)nc1. The Hall–Kier alpha value is -3.56. The van der Waals surface area contributed by atoms with Gasteiger partial charge in [-0.25, -0.2) is 9.78 Å². The van der Waals surface area contributed by atoms with E-state index in [9.17, 15) is 27.6 Å². The van der Waals surface area contributed by atoms with Crippen LogP contribution in [0.4, 0.5) is 13.2 Å². The molecular formula is C26H26F3N3O4. The number of para-hydroxylation sites is 1. The van der Waals surface area contributed by atoms with Crippen LogP contribution in [0.1, 0.15) is 66.2 Å². The number of carbonyl (C=O) groups excluding carboxylic acids is 2. The fraction of sp³-hybridized carbons (Fsp3) is 0.423. The molecule has 1 fully saturated rings. The van der Waals surface area contributed by atoms with E-state index >= 15 is 0 Å². The maximum atomic E-state index is 13.5. The Bertz CT molecular complexity index is 1310. The zero-order chi connectivity index (χ0) is 25.9. The van der Waals surface area contributed by atoms with Crippen molar-refractivity contribution in [3.8, 4) is 0 Å². The van der Waals surface area contributed by atoms with Gasteiger partial charge >= 0.3 is 12.1 Å². The Morgan fingerprint density at radius 1 is 1.11 bits per heavy atom. The average molecular weight is 502 g/mol. The van der Waals surface area contributed by atoms with E-state index in [1.807, 2.05) is 0 Å². The zero-order valence-electron chi connectivity index (χ0n) is 19.8. The number of carbonyl (C=O) groups is 2. The zero-order valence-corrected chi connectivity index (χ0v) is 19.8. The molecule has 3 aromatic rings. The van der Waals surface area contributed by atoms with E-state index in [0.717, 1.165) is 44.5 Å². The predicted octanol–water partition coefficient (Wildman–Crippen LogP) is 4.92. The van der Waals surface area contributed by atoms with Gasteiger partial charge in [0.1, 0.15) is 0 Å². The molecule has 1 aliphatic rings. The Morgan fingerprint density at radius 2 is 1.86 bits per heavy atom. The van der Waals surface area contributed by atoms with Crippen molar-refractivity contribution < 1.29 is 27.5 Å². The number of alkyl halides is 3. The monoisotopic (exact) mass is 501 g/mol. The van der Waals surface area contributed by atoms with Gasteiger partial charge in [0.2, 0.25) is 0 Å². The first kappa shape index (κ1) is 25.5. The van der Waals surface area contributed by atoms with Crippen LogP contribution in [0.25, 0.3) is 10.9 Å². The number of benzene rings is 1. The van der Waals surface area contributed by atoms with Gasteiger partial charge in [-0.15, -0.1) is 0 Å². The Kier molecular flexibility index (Phi) is 7.51. The molecule has 0 radical (unpaired) electrons. The molecule has 190 valence electrons. The number of aromatic nitrogens is 3. The van der Waals surface area contributed by atoms with Crippen LogP contribution in [-0.2, 0) is 22.1 Å². The minimum Gasteiger partial charge on any atom is -0.465 e. The first-order valence-electron chi connectivity index (χ1n) is 11.8. The highest BCUT2D eigenvalue weighted by Gasteiger charge is 2.34. The van der Waals surface area contributed by atoms with E-state index in [-0.39, 0.29) is 29.1 Å². The number of rotatable bonds is 7. The number of ketones is 1. The van der Waals surface area contributed by atoms with Gasteiger partial charge in [0.05, 0.1) is 47.9 Å². The van der Waals surface area contributed by atoms with Gasteiger partial charge in [-0.05, 0) is 36.6 Å². The van der Waals surface area contributed by atoms with Gasteiger partial charge in [0.15, 0.2) is 5.78 Å². The third-order valence-corrected chi connectivity index (χ3v) is 6.71. The standard InChI is InChI=1S/C26H26F3N3O4/c1-36-25(35)17-10-11-18(30-14-17)13-22(33)21(12-16-6-3-2-4-7-16)32-15-31-23-19(24(32)34)8-5-9-20(23)26(27,28)29/h5,8-11,14-16,21H,2-4,6-7,12-13H2,1H3. The third kappa shape index (κ3) is 5.47. The van der Waals surface area contributed by atoms with E-state index < -0.39 is 34.8 Å². The largest absolute Gasteiger partial charge is 0.465 e. The van der Waals surface area contributed by atoms with E-state index in [4.69, 9.17) is 0 Å². The Morgan fingerprint density at radius 3 is 2.50 bits per heavy atom. The van der Waals surface area contributed by atoms with Crippen LogP contribution in [0.2, 0.25) is 0 Å². The summed E-state index contributed by atoms with van der Waals surface area (Å²) in [6.45, 7) is 0. The molecule has 0 N–H and O–H groups in total. The van der Waals surface area contributed by atoms with Gasteiger partial charge in [0, 0.05) is 11.9 Å². The van der Waals surface area contributed by atoms with E-state index in [1.165, 1.54) is 36.1 Å². The van der Waals surface area contributed by atoms with Crippen LogP contribution in [0.5, 0.6) is 0 Å². The highest BCUT2D eigenvalue weighted by molar-refractivity contribution is 5.89. The molecule has 2 heterocycles. The van der Waals surface area contributed by atoms with Crippen molar-refractivity contribution in [1.29, 1.82) is 0 Å². The maximum absolute atomic E-state index is 13.5. The molecule has 36 heavy (non-hydrogen) atoms. The van der Waals surface area contributed by atoms with Crippen molar-refractivity contribution >= 4 is 22.7 Å². The number of pyridine rings is 1. The number of fused-ring (bicyclic) bond motifs is 1. The normalized spacial score (nSPS) is 15.6. The number of hydrogen-bond acceptors (Lipinski definition) is 6. The second-order valence-electron chi connectivity index (χ2n) is 9.08. The van der Waals surface area contributed by atoms with Crippen molar-refractivity contribution in [2.24, 2.45) is 5.92 Å². The summed E-state index contributed by atoms with van der Waals surface area (Å²) in [7, 11) is 1.25. The molecule has 7 nitrogen and oxygen atoms in total. The number of esters is 1. The Balaban J connectivity index is 1.70. The molecule has 0 bridgehead atoms. The summed E-state index contributed by atoms with van der Waals surface area (Å²) < 4.78 is 46.2. The number of nitrogens with zero attached hydrogens (tertiary/aromatic N) is 3. The highest BCUT2D eigenvalue weighted by atomic mass is 19.4. The number of ether oxygens (including phenoxy) is 1. The molecule has 2 aromatic heterocycles. The minimum atomic E-state index is -4.66. The lowest BCUT2D eigenvalue weighted by Crippen LogP contribution is -2.33. The molecule has 1 unspecified atom stereocenters. The number of Topliss-reactive ketones (excluding diaryl/α,β-unsaturated/α-hetero) is 1. The van der Waals surface area contributed by atoms with Gasteiger partial charge in [-0.3, -0.25) is 19.1 Å². The van der Waals surface area contributed by atoms with Crippen LogP contribution in [0.3, 0.4) is 0 Å². The van der Waals surface area contributed by atoms with Crippen molar-refractivity contribution in [1.82, 2.24) is 14.5 Å². The fourth-order valence-electron chi connectivity index (χ4n) is 4.82. The maximum Gasteiger partial charge on any atom is 0.418 e. The van der Waals surface area contributed by atoms with E-state index in [2.05, 4.69) is 14.7 Å². The summed E-state index contributed by atoms with van der Waals surface area (Å²) in [4.78, 5) is 46.6. The van der Waals surface area contributed by atoms with Crippen LogP contribution >= 0.6 is 0 Å². The summed E-state index contributed by atoms with van der Waals surface area (Å²) in [6, 6.07) is 5.50. The van der Waals surface area contributed by atoms with Crippen molar-refractivity contribution in [2.45, 2.75) is 57.2 Å². The molecular weight excluding hydrogens is 475 g/mol. The van der Waals surface area contributed by atoms with E-state index in [1.54, 1.807) is 6.07 Å². The number of halogens is 3. The molecule has 1 saturated carbocycles. The smallest absolute Gasteiger partial charge is 0.418 e. The van der Waals surface area contributed by atoms with Crippen LogP contribution < -0.4 is 5.56 Å². The lowest BCUT2D eigenvalue weighted by Gasteiger charge is -2.27. The van der Waals surface area contributed by atoms with Gasteiger partial charge in [-0.1, -0.05) is 38.2 Å². The molecule has 1 aliphatic carbocycles. The van der Waals surface area contributed by atoms with E-state index in [0.29, 0.717) is 12.1 Å². The second kappa shape index (κ2) is 10.6. The first-order chi connectivity index (χ1) is 17.2. The summed E-state index contributed by atoms with van der Waals surface area (Å²) in [5.41, 5.74) is -1.47. The lowest BCUT2D eigenvalue weighted by atomic mass is 9.83. The van der Waals surface area contributed by atoms with Crippen LogP contribution in [0.15, 0.2) is 47.7 Å². The Labute approximate surface area is 205 Å². The van der Waals surface area contributed by atoms with Crippen molar-refractivity contribution in [3.05, 3.63) is 70.0 Å². The van der Waals surface area contributed by atoms with Gasteiger partial charge in [-0.2, -0.15) is 13.2 Å². The number of hydrogen-bond donors (Lipinski definition) is 0. The highest BCUT2D eigenvalue weighted by Crippen LogP contribution is 2.34. The summed E-state index contributed by atoms with van der Waals surface area (Å²) in [5, 5.41) is -0.186. The molecule has 0 spiro atoms. The van der Waals surface area contributed by atoms with Crippen LogP contribution in [-0.4, -0.2) is 33.4 Å². The molecule has 0 saturated heterocycles. The molecule has 1 atom stereocenters. The second-order valence-corrected chi connectivity index (χ2v) is 9.08. The summed E-state index contributed by atoms with van der Waals surface area (Å²) in [6.07, 6.45) is 3.01. The third-order valence-electron chi connectivity index (χ3n) is 6.71. The first-order valence-corrected chi connectivity index (χ1v) is 11.8. The number of methoxy groups -OCH3 is 1. The predicted molar refractivity (Wildman–Crippen MR) is 126 cm³/mol.